The number of rotatable bonds is 3. The second-order valence-corrected chi connectivity index (χ2v) is 4.38. The molecule has 0 atom stereocenters. The van der Waals surface area contributed by atoms with Crippen LogP contribution >= 0.6 is 11.6 Å². The maximum Gasteiger partial charge on any atom is 0.253 e. The molecule has 1 aromatic heterocycles. The number of anilines is 1. The second-order valence-electron chi connectivity index (χ2n) is 3.97. The highest BCUT2D eigenvalue weighted by molar-refractivity contribution is 6.33. The van der Waals surface area contributed by atoms with E-state index in [1.54, 1.807) is 18.3 Å². The average molecular weight is 265 g/mol. The van der Waals surface area contributed by atoms with Crippen LogP contribution in [0, 0.1) is 6.92 Å². The van der Waals surface area contributed by atoms with E-state index >= 15 is 0 Å². The van der Waals surface area contributed by atoms with Crippen molar-refractivity contribution in [2.75, 3.05) is 5.73 Å². The van der Waals surface area contributed by atoms with E-state index in [4.69, 9.17) is 17.3 Å². The Morgan fingerprint density at radius 2 is 2.33 bits per heavy atom. The van der Waals surface area contributed by atoms with Gasteiger partial charge in [0.2, 0.25) is 0 Å². The van der Waals surface area contributed by atoms with Crippen molar-refractivity contribution in [3.05, 3.63) is 46.1 Å². The van der Waals surface area contributed by atoms with E-state index in [0.29, 0.717) is 22.9 Å². The number of nitrogens with one attached hydrogen (secondary N) is 2. The first-order chi connectivity index (χ1) is 8.58. The molecule has 5 nitrogen and oxygen atoms in total. The summed E-state index contributed by atoms with van der Waals surface area (Å²) < 4.78 is 0. The van der Waals surface area contributed by atoms with E-state index in [0.717, 1.165) is 11.1 Å². The van der Waals surface area contributed by atoms with E-state index in [1.165, 1.54) is 0 Å². The van der Waals surface area contributed by atoms with Crippen molar-refractivity contribution < 1.29 is 4.79 Å². The number of nitrogens with two attached hydrogens (primary N) is 1. The minimum absolute atomic E-state index is 0.236. The fourth-order valence-corrected chi connectivity index (χ4v) is 1.86. The Balaban J connectivity index is 2.06. The van der Waals surface area contributed by atoms with Crippen LogP contribution in [0.3, 0.4) is 0 Å². The number of H-pyrrole nitrogens is 1. The second kappa shape index (κ2) is 5.10. The van der Waals surface area contributed by atoms with Crippen LogP contribution in [0.1, 0.15) is 21.5 Å². The van der Waals surface area contributed by atoms with Crippen LogP contribution in [-0.2, 0) is 6.54 Å². The molecule has 0 radical (unpaired) electrons. The monoisotopic (exact) mass is 264 g/mol. The summed E-state index contributed by atoms with van der Waals surface area (Å²) >= 11 is 6.01. The molecule has 0 saturated carbocycles. The maximum absolute atomic E-state index is 11.9. The van der Waals surface area contributed by atoms with Crippen molar-refractivity contribution in [2.45, 2.75) is 13.5 Å². The van der Waals surface area contributed by atoms with Gasteiger partial charge in [-0.25, -0.2) is 0 Å². The largest absolute Gasteiger partial charge is 0.384 e. The summed E-state index contributed by atoms with van der Waals surface area (Å²) in [5.41, 5.74) is 7.82. The number of hydrogen-bond donors (Lipinski definition) is 3. The molecule has 0 unspecified atom stereocenters. The predicted octanol–water partition coefficient (Wildman–Crippen LogP) is 1.88. The molecule has 0 spiro atoms. The van der Waals surface area contributed by atoms with Crippen molar-refractivity contribution in [1.29, 1.82) is 0 Å². The lowest BCUT2D eigenvalue weighted by Gasteiger charge is -2.06. The number of aromatic nitrogens is 2. The number of nitrogens with zero attached hydrogens (tertiary/aromatic N) is 1. The zero-order valence-electron chi connectivity index (χ0n) is 9.83. The molecule has 1 aromatic carbocycles. The Bertz CT molecular complexity index is 579. The van der Waals surface area contributed by atoms with Gasteiger partial charge in [0.05, 0.1) is 16.8 Å². The number of halogens is 1. The highest BCUT2D eigenvalue weighted by Crippen LogP contribution is 2.17. The van der Waals surface area contributed by atoms with Crippen LogP contribution in [0.5, 0.6) is 0 Å². The molecule has 2 rings (SSSR count). The first-order valence-electron chi connectivity index (χ1n) is 5.40. The normalized spacial score (nSPS) is 10.3. The molecule has 0 saturated heterocycles. The van der Waals surface area contributed by atoms with E-state index in [1.807, 2.05) is 13.0 Å². The lowest BCUT2D eigenvalue weighted by atomic mass is 10.1. The third kappa shape index (κ3) is 2.62. The van der Waals surface area contributed by atoms with Crippen molar-refractivity contribution in [3.63, 3.8) is 0 Å². The maximum atomic E-state index is 11.9. The third-order valence-electron chi connectivity index (χ3n) is 2.56. The van der Waals surface area contributed by atoms with E-state index in [2.05, 4.69) is 15.5 Å². The smallest absolute Gasteiger partial charge is 0.253 e. The van der Waals surface area contributed by atoms with Gasteiger partial charge in [0, 0.05) is 12.1 Å². The minimum atomic E-state index is -0.236. The van der Waals surface area contributed by atoms with Crippen LogP contribution in [0.4, 0.5) is 5.82 Å². The summed E-state index contributed by atoms with van der Waals surface area (Å²) in [4.78, 5) is 11.9. The molecule has 0 fully saturated rings. The zero-order valence-corrected chi connectivity index (χ0v) is 10.6. The Morgan fingerprint density at radius 3 is 2.94 bits per heavy atom. The highest BCUT2D eigenvalue weighted by atomic mass is 35.5. The molecule has 2 aromatic rings. The third-order valence-corrected chi connectivity index (χ3v) is 2.87. The van der Waals surface area contributed by atoms with Crippen LogP contribution in [0.15, 0.2) is 24.4 Å². The molecule has 0 aliphatic rings. The van der Waals surface area contributed by atoms with Gasteiger partial charge in [-0.1, -0.05) is 17.7 Å². The van der Waals surface area contributed by atoms with E-state index < -0.39 is 0 Å². The van der Waals surface area contributed by atoms with Gasteiger partial charge in [0.1, 0.15) is 5.82 Å². The SMILES string of the molecule is Cc1ccc(C(=O)NCc2cn[nH]c2N)c(Cl)c1. The Hall–Kier alpha value is -2.01. The molecule has 1 amide bonds. The molecule has 4 N–H and O–H groups in total. The quantitative estimate of drug-likeness (QED) is 0.791. The number of nitrogen functional groups attached to an aromatic ring is 1. The highest BCUT2D eigenvalue weighted by Gasteiger charge is 2.10. The van der Waals surface area contributed by atoms with E-state index in [9.17, 15) is 4.79 Å². The standard InChI is InChI=1S/C12H13ClN4O/c1-7-2-3-9(10(13)4-7)12(18)15-5-8-6-16-17-11(8)14/h2-4,6H,5H2,1H3,(H,15,18)(H3,14,16,17). The number of aryl methyl sites for hydroxylation is 1. The van der Waals surface area contributed by atoms with Gasteiger partial charge in [-0.2, -0.15) is 5.10 Å². The van der Waals surface area contributed by atoms with Crippen molar-refractivity contribution in [1.82, 2.24) is 15.5 Å². The predicted molar refractivity (Wildman–Crippen MR) is 70.4 cm³/mol. The molecule has 0 aliphatic carbocycles. The molecule has 6 heteroatoms. The van der Waals surface area contributed by atoms with Crippen LogP contribution in [0.2, 0.25) is 5.02 Å². The summed E-state index contributed by atoms with van der Waals surface area (Å²) in [6, 6.07) is 5.29. The first kappa shape index (κ1) is 12.4. The summed E-state index contributed by atoms with van der Waals surface area (Å²) in [6.45, 7) is 2.23. The molecular formula is C12H13ClN4O. The lowest BCUT2D eigenvalue weighted by molar-refractivity contribution is 0.0951. The van der Waals surface area contributed by atoms with Gasteiger partial charge < -0.3 is 11.1 Å². The van der Waals surface area contributed by atoms with Crippen molar-refractivity contribution >= 4 is 23.3 Å². The van der Waals surface area contributed by atoms with E-state index in [-0.39, 0.29) is 5.91 Å². The molecule has 0 bridgehead atoms. The molecule has 0 aliphatic heterocycles. The van der Waals surface area contributed by atoms with Gasteiger partial charge in [0.15, 0.2) is 0 Å². The number of carbonyl (C=O) groups excluding carboxylic acids is 1. The molecule has 94 valence electrons. The number of hydrogen-bond acceptors (Lipinski definition) is 3. The first-order valence-corrected chi connectivity index (χ1v) is 5.78. The molecule has 1 heterocycles. The van der Waals surface area contributed by atoms with Gasteiger partial charge in [0.25, 0.3) is 5.91 Å². The van der Waals surface area contributed by atoms with Crippen LogP contribution in [-0.4, -0.2) is 16.1 Å². The topological polar surface area (TPSA) is 83.8 Å². The number of carbonyl (C=O) groups is 1. The van der Waals surface area contributed by atoms with Gasteiger partial charge in [-0.15, -0.1) is 0 Å². The summed E-state index contributed by atoms with van der Waals surface area (Å²) in [6.07, 6.45) is 1.58. The lowest BCUT2D eigenvalue weighted by Crippen LogP contribution is -2.23. The number of benzene rings is 1. The van der Waals surface area contributed by atoms with Crippen molar-refractivity contribution in [3.8, 4) is 0 Å². The Morgan fingerprint density at radius 1 is 1.56 bits per heavy atom. The van der Waals surface area contributed by atoms with Crippen LogP contribution in [0.25, 0.3) is 0 Å². The van der Waals surface area contributed by atoms with Gasteiger partial charge >= 0.3 is 0 Å². The summed E-state index contributed by atoms with van der Waals surface area (Å²) in [5.74, 6) is 0.214. The molecule has 18 heavy (non-hydrogen) atoms. The zero-order chi connectivity index (χ0) is 13.1. The van der Waals surface area contributed by atoms with Crippen molar-refractivity contribution in [2.24, 2.45) is 0 Å². The van der Waals surface area contributed by atoms with Gasteiger partial charge in [-0.3, -0.25) is 9.89 Å². The minimum Gasteiger partial charge on any atom is -0.384 e. The fraction of sp³-hybridized carbons (Fsp3) is 0.167. The van der Waals surface area contributed by atoms with Gasteiger partial charge in [-0.05, 0) is 24.6 Å². The number of aromatic amines is 1. The fourth-order valence-electron chi connectivity index (χ4n) is 1.54. The Labute approximate surface area is 109 Å². The van der Waals surface area contributed by atoms with Crippen LogP contribution < -0.4 is 11.1 Å². The number of amides is 1. The average Bonchev–Trinajstić information content (AvgIpc) is 2.72. The summed E-state index contributed by atoms with van der Waals surface area (Å²) in [7, 11) is 0. The Kier molecular flexibility index (Phi) is 3.53. The summed E-state index contributed by atoms with van der Waals surface area (Å²) in [5, 5.41) is 9.55. The molecular weight excluding hydrogens is 252 g/mol.